The number of hydrogen-bond acceptors (Lipinski definition) is 4. The van der Waals surface area contributed by atoms with Gasteiger partial charge in [-0.3, -0.25) is 9.78 Å². The van der Waals surface area contributed by atoms with E-state index in [4.69, 9.17) is 11.6 Å². The average Bonchev–Trinajstić information content (AvgIpc) is 2.66. The summed E-state index contributed by atoms with van der Waals surface area (Å²) < 4.78 is 14.8. The van der Waals surface area contributed by atoms with Gasteiger partial charge in [0.25, 0.3) is 5.91 Å². The minimum Gasteiger partial charge on any atom is -0.506 e. The largest absolute Gasteiger partial charge is 0.506 e. The summed E-state index contributed by atoms with van der Waals surface area (Å²) in [7, 11) is 3.90. The summed E-state index contributed by atoms with van der Waals surface area (Å²) in [6.45, 7) is 1.31. The summed E-state index contributed by atoms with van der Waals surface area (Å²) >= 11 is 6.26. The molecule has 146 valence electrons. The zero-order chi connectivity index (χ0) is 20.3. The van der Waals surface area contributed by atoms with Crippen molar-refractivity contribution in [2.24, 2.45) is 0 Å². The second kappa shape index (κ2) is 8.54. The molecule has 7 heteroatoms. The monoisotopic (exact) mass is 401 g/mol. The van der Waals surface area contributed by atoms with E-state index in [2.05, 4.69) is 10.3 Å². The predicted octanol–water partition coefficient (Wildman–Crippen LogP) is 4.08. The Bertz CT molecular complexity index is 1020. The van der Waals surface area contributed by atoms with Crippen molar-refractivity contribution in [1.82, 2.24) is 15.2 Å². The van der Waals surface area contributed by atoms with Crippen LogP contribution in [0.3, 0.4) is 0 Å². The molecule has 5 nitrogen and oxygen atoms in total. The molecule has 1 amide bonds. The molecule has 1 aromatic heterocycles. The van der Waals surface area contributed by atoms with Gasteiger partial charge in [0, 0.05) is 23.7 Å². The van der Waals surface area contributed by atoms with Crippen LogP contribution in [0.1, 0.15) is 16.8 Å². The van der Waals surface area contributed by atoms with E-state index < -0.39 is 11.7 Å². The maximum atomic E-state index is 14.8. The maximum Gasteiger partial charge on any atom is 0.252 e. The topological polar surface area (TPSA) is 65.5 Å². The third kappa shape index (κ3) is 4.40. The number of nitrogens with one attached hydrogen (secondary N) is 1. The molecule has 0 spiro atoms. The molecule has 0 unspecified atom stereocenters. The van der Waals surface area contributed by atoms with Gasteiger partial charge in [-0.25, -0.2) is 4.39 Å². The summed E-state index contributed by atoms with van der Waals surface area (Å²) in [5.41, 5.74) is 1.18. The minimum atomic E-state index is -0.592. The number of benzene rings is 2. The van der Waals surface area contributed by atoms with E-state index in [0.717, 1.165) is 19.0 Å². The fourth-order valence-corrected chi connectivity index (χ4v) is 3.21. The number of halogens is 2. The lowest BCUT2D eigenvalue weighted by Crippen LogP contribution is -2.27. The molecule has 0 atom stereocenters. The molecule has 2 aromatic carbocycles. The van der Waals surface area contributed by atoms with Gasteiger partial charge in [0.1, 0.15) is 17.1 Å². The van der Waals surface area contributed by atoms with Gasteiger partial charge >= 0.3 is 0 Å². The predicted molar refractivity (Wildman–Crippen MR) is 109 cm³/mol. The molecule has 0 radical (unpaired) electrons. The normalized spacial score (nSPS) is 11.2. The van der Waals surface area contributed by atoms with Crippen LogP contribution in [-0.2, 0) is 0 Å². The lowest BCUT2D eigenvalue weighted by Gasteiger charge is -2.12. The van der Waals surface area contributed by atoms with E-state index in [0.29, 0.717) is 23.0 Å². The van der Waals surface area contributed by atoms with E-state index in [9.17, 15) is 14.3 Å². The van der Waals surface area contributed by atoms with Crippen molar-refractivity contribution in [2.75, 3.05) is 27.2 Å². The number of amides is 1. The quantitative estimate of drug-likeness (QED) is 0.611. The second-order valence-electron chi connectivity index (χ2n) is 6.80. The lowest BCUT2D eigenvalue weighted by molar-refractivity contribution is 0.0952. The van der Waals surface area contributed by atoms with E-state index in [1.807, 2.05) is 19.0 Å². The maximum absolute atomic E-state index is 14.8. The van der Waals surface area contributed by atoms with E-state index >= 15 is 0 Å². The molecule has 2 N–H and O–H groups in total. The summed E-state index contributed by atoms with van der Waals surface area (Å²) in [5, 5.41) is 13.8. The van der Waals surface area contributed by atoms with Crippen LogP contribution >= 0.6 is 11.6 Å². The Kier molecular flexibility index (Phi) is 6.11. The Labute approximate surface area is 167 Å². The van der Waals surface area contributed by atoms with E-state index in [1.54, 1.807) is 24.4 Å². The molecule has 1 heterocycles. The molecular weight excluding hydrogens is 381 g/mol. The van der Waals surface area contributed by atoms with Crippen molar-refractivity contribution < 1.29 is 14.3 Å². The number of rotatable bonds is 6. The van der Waals surface area contributed by atoms with Crippen LogP contribution in [0.25, 0.3) is 22.0 Å². The summed E-state index contributed by atoms with van der Waals surface area (Å²) in [5.74, 6) is -1.06. The van der Waals surface area contributed by atoms with Crippen LogP contribution in [0.15, 0.2) is 42.6 Å². The van der Waals surface area contributed by atoms with Gasteiger partial charge < -0.3 is 15.3 Å². The van der Waals surface area contributed by atoms with Gasteiger partial charge in [-0.05, 0) is 63.0 Å². The molecule has 3 rings (SSSR count). The van der Waals surface area contributed by atoms with Crippen molar-refractivity contribution in [1.29, 1.82) is 0 Å². The van der Waals surface area contributed by atoms with Crippen molar-refractivity contribution in [3.63, 3.8) is 0 Å². The summed E-state index contributed by atoms with van der Waals surface area (Å²) in [4.78, 5) is 18.4. The molecule has 0 saturated heterocycles. The van der Waals surface area contributed by atoms with Crippen molar-refractivity contribution in [3.05, 3.63) is 59.0 Å². The molecule has 0 fully saturated rings. The van der Waals surface area contributed by atoms with Gasteiger partial charge in [-0.15, -0.1) is 0 Å². The van der Waals surface area contributed by atoms with Gasteiger partial charge in [-0.2, -0.15) is 0 Å². The lowest BCUT2D eigenvalue weighted by atomic mass is 10.00. The van der Waals surface area contributed by atoms with Crippen LogP contribution in [0, 0.1) is 5.82 Å². The average molecular weight is 402 g/mol. The molecule has 3 aromatic rings. The first-order valence-corrected chi connectivity index (χ1v) is 9.24. The van der Waals surface area contributed by atoms with Crippen molar-refractivity contribution in [2.45, 2.75) is 6.42 Å². The first-order chi connectivity index (χ1) is 13.4. The summed E-state index contributed by atoms with van der Waals surface area (Å²) in [6.07, 6.45) is 2.35. The third-order valence-corrected chi connectivity index (χ3v) is 4.68. The van der Waals surface area contributed by atoms with Gasteiger partial charge in [-0.1, -0.05) is 17.7 Å². The van der Waals surface area contributed by atoms with Crippen molar-refractivity contribution in [3.8, 4) is 16.9 Å². The van der Waals surface area contributed by atoms with Crippen LogP contribution < -0.4 is 5.32 Å². The van der Waals surface area contributed by atoms with Crippen LogP contribution in [0.5, 0.6) is 5.75 Å². The molecule has 0 aliphatic heterocycles. The Morgan fingerprint density at radius 3 is 2.82 bits per heavy atom. The minimum absolute atomic E-state index is 0.0497. The number of hydrogen-bond donors (Lipinski definition) is 2. The van der Waals surface area contributed by atoms with Crippen LogP contribution in [0.4, 0.5) is 4.39 Å². The van der Waals surface area contributed by atoms with Gasteiger partial charge in [0.2, 0.25) is 0 Å². The highest BCUT2D eigenvalue weighted by molar-refractivity contribution is 6.34. The Balaban J connectivity index is 1.87. The highest BCUT2D eigenvalue weighted by Crippen LogP contribution is 2.34. The number of pyridine rings is 1. The Morgan fingerprint density at radius 1 is 1.29 bits per heavy atom. The highest BCUT2D eigenvalue weighted by atomic mass is 35.5. The number of phenols is 1. The number of carbonyl (C=O) groups excluding carboxylic acids is 1. The molecule has 0 aliphatic rings. The Hall–Kier alpha value is -2.70. The fourth-order valence-electron chi connectivity index (χ4n) is 2.96. The highest BCUT2D eigenvalue weighted by Gasteiger charge is 2.17. The fraction of sp³-hybridized carbons (Fsp3) is 0.238. The van der Waals surface area contributed by atoms with Gasteiger partial charge in [0.05, 0.1) is 10.6 Å². The third-order valence-electron chi connectivity index (χ3n) is 4.36. The number of fused-ring (bicyclic) bond motifs is 1. The van der Waals surface area contributed by atoms with E-state index in [1.165, 1.54) is 12.1 Å². The van der Waals surface area contributed by atoms with Crippen molar-refractivity contribution >= 4 is 28.4 Å². The first-order valence-electron chi connectivity index (χ1n) is 8.87. The number of aromatic nitrogens is 1. The number of aromatic hydroxyl groups is 1. The SMILES string of the molecule is CN(C)CCCNC(=O)c1cc(F)c(-c2cc(O)c3ncccc3c2)cc1Cl. The first kappa shape index (κ1) is 20.0. The van der Waals surface area contributed by atoms with Crippen LogP contribution in [0.2, 0.25) is 5.02 Å². The molecular formula is C21H21ClFN3O2. The number of carbonyl (C=O) groups is 1. The zero-order valence-corrected chi connectivity index (χ0v) is 16.4. The van der Waals surface area contributed by atoms with E-state index in [-0.39, 0.29) is 21.9 Å². The second-order valence-corrected chi connectivity index (χ2v) is 7.20. The number of nitrogens with zero attached hydrogens (tertiary/aromatic N) is 2. The smallest absolute Gasteiger partial charge is 0.252 e. The Morgan fingerprint density at radius 2 is 2.07 bits per heavy atom. The standard InChI is InChI=1S/C21H21ClFN3O2/c1-26(2)8-4-7-25-21(28)16-12-18(23)15(11-17(16)22)14-9-13-5-3-6-24-20(13)19(27)10-14/h3,5-6,9-12,27H,4,7-8H2,1-2H3,(H,25,28). The molecule has 0 saturated carbocycles. The zero-order valence-electron chi connectivity index (χ0n) is 15.7. The van der Waals surface area contributed by atoms with Gasteiger partial charge in [0.15, 0.2) is 0 Å². The molecule has 0 bridgehead atoms. The molecule has 0 aliphatic carbocycles. The number of phenolic OH excluding ortho intramolecular Hbond substituents is 1. The van der Waals surface area contributed by atoms with Crippen LogP contribution in [-0.4, -0.2) is 48.1 Å². The summed E-state index contributed by atoms with van der Waals surface area (Å²) in [6, 6.07) is 9.20. The molecule has 28 heavy (non-hydrogen) atoms.